The van der Waals surface area contributed by atoms with Crippen LogP contribution in [0.15, 0.2) is 42.5 Å². The fourth-order valence-corrected chi connectivity index (χ4v) is 2.19. The zero-order chi connectivity index (χ0) is 17.9. The molecular weight excluding hydrogens is 347 g/mol. The highest BCUT2D eigenvalue weighted by Crippen LogP contribution is 2.32. The molecule has 2 aromatic carbocycles. The van der Waals surface area contributed by atoms with Crippen molar-refractivity contribution in [2.45, 2.75) is 6.18 Å². The fraction of sp³-hybridized carbons (Fsp3) is 0.125. The second-order valence-corrected chi connectivity index (χ2v) is 5.09. The molecule has 0 radical (unpaired) electrons. The van der Waals surface area contributed by atoms with Gasteiger partial charge in [0.1, 0.15) is 0 Å². The van der Waals surface area contributed by atoms with Gasteiger partial charge < -0.3 is 10.1 Å². The summed E-state index contributed by atoms with van der Waals surface area (Å²) in [4.78, 5) is 23.7. The average Bonchev–Trinajstić information content (AvgIpc) is 2.55. The van der Waals surface area contributed by atoms with Crippen LogP contribution >= 0.6 is 11.6 Å². The van der Waals surface area contributed by atoms with Gasteiger partial charge in [0.15, 0.2) is 0 Å². The smallest absolute Gasteiger partial charge is 0.417 e. The first-order chi connectivity index (χ1) is 11.2. The van der Waals surface area contributed by atoms with Crippen LogP contribution in [0, 0.1) is 0 Å². The number of hydrogen-bond acceptors (Lipinski definition) is 3. The molecule has 1 amide bonds. The highest BCUT2D eigenvalue weighted by atomic mass is 35.5. The van der Waals surface area contributed by atoms with Crippen molar-refractivity contribution in [3.05, 3.63) is 64.2 Å². The molecule has 24 heavy (non-hydrogen) atoms. The molecule has 0 aliphatic heterocycles. The molecule has 8 heteroatoms. The Labute approximate surface area is 140 Å². The van der Waals surface area contributed by atoms with E-state index in [1.54, 1.807) is 0 Å². The van der Waals surface area contributed by atoms with Crippen LogP contribution in [0.2, 0.25) is 5.02 Å². The third-order valence-corrected chi connectivity index (χ3v) is 3.44. The zero-order valence-electron chi connectivity index (χ0n) is 12.3. The lowest BCUT2D eigenvalue weighted by Crippen LogP contribution is -2.18. The van der Waals surface area contributed by atoms with Gasteiger partial charge in [-0.15, -0.1) is 0 Å². The first-order valence-corrected chi connectivity index (χ1v) is 6.97. The van der Waals surface area contributed by atoms with E-state index in [9.17, 15) is 22.8 Å². The Morgan fingerprint density at radius 2 is 1.75 bits per heavy atom. The molecule has 0 unspecified atom stereocenters. The van der Waals surface area contributed by atoms with Crippen LogP contribution in [0.4, 0.5) is 18.9 Å². The third kappa shape index (κ3) is 3.86. The summed E-state index contributed by atoms with van der Waals surface area (Å²) in [5.74, 6) is -1.69. The number of carbonyl (C=O) groups excluding carboxylic acids is 2. The Hall–Kier alpha value is -2.54. The second kappa shape index (κ2) is 6.92. The van der Waals surface area contributed by atoms with Crippen LogP contribution in [0.5, 0.6) is 0 Å². The summed E-state index contributed by atoms with van der Waals surface area (Å²) in [7, 11) is 1.16. The number of anilines is 1. The van der Waals surface area contributed by atoms with E-state index in [2.05, 4.69) is 10.1 Å². The molecule has 0 aromatic heterocycles. The Bertz CT molecular complexity index is 790. The molecule has 2 aromatic rings. The molecule has 4 nitrogen and oxygen atoms in total. The van der Waals surface area contributed by atoms with Gasteiger partial charge in [-0.2, -0.15) is 13.2 Å². The van der Waals surface area contributed by atoms with Crippen LogP contribution in [0.1, 0.15) is 26.3 Å². The Balaban J connectivity index is 2.33. The number of nitrogens with one attached hydrogen (secondary N) is 1. The van der Waals surface area contributed by atoms with E-state index in [4.69, 9.17) is 11.6 Å². The average molecular weight is 358 g/mol. The van der Waals surface area contributed by atoms with Gasteiger partial charge >= 0.3 is 12.1 Å². The van der Waals surface area contributed by atoms with Crippen LogP contribution in [-0.2, 0) is 10.9 Å². The highest BCUT2D eigenvalue weighted by molar-refractivity contribution is 6.33. The van der Waals surface area contributed by atoms with Crippen LogP contribution in [-0.4, -0.2) is 19.0 Å². The van der Waals surface area contributed by atoms with Crippen molar-refractivity contribution in [1.82, 2.24) is 0 Å². The lowest BCUT2D eigenvalue weighted by atomic mass is 10.1. The Morgan fingerprint density at radius 3 is 2.38 bits per heavy atom. The molecule has 0 spiro atoms. The van der Waals surface area contributed by atoms with Crippen molar-refractivity contribution < 1.29 is 27.5 Å². The summed E-state index contributed by atoms with van der Waals surface area (Å²) in [6, 6.07) is 8.32. The minimum Gasteiger partial charge on any atom is -0.465 e. The van der Waals surface area contributed by atoms with Crippen molar-refractivity contribution in [3.63, 3.8) is 0 Å². The lowest BCUT2D eigenvalue weighted by molar-refractivity contribution is -0.137. The normalized spacial score (nSPS) is 11.0. The summed E-state index contributed by atoms with van der Waals surface area (Å²) in [6.45, 7) is 0. The van der Waals surface area contributed by atoms with Gasteiger partial charge in [0.25, 0.3) is 5.91 Å². The van der Waals surface area contributed by atoms with Gasteiger partial charge in [-0.3, -0.25) is 4.79 Å². The fourth-order valence-electron chi connectivity index (χ4n) is 2.00. The number of ether oxygens (including phenoxy) is 1. The van der Waals surface area contributed by atoms with Crippen LogP contribution in [0.3, 0.4) is 0 Å². The van der Waals surface area contributed by atoms with E-state index in [-0.39, 0.29) is 16.3 Å². The summed E-state index contributed by atoms with van der Waals surface area (Å²) in [5.41, 5.74) is -1.48. The third-order valence-electron chi connectivity index (χ3n) is 3.11. The van der Waals surface area contributed by atoms with E-state index in [0.29, 0.717) is 0 Å². The largest absolute Gasteiger partial charge is 0.465 e. The van der Waals surface area contributed by atoms with Crippen molar-refractivity contribution in [2.24, 2.45) is 0 Å². The molecule has 0 atom stereocenters. The first kappa shape index (κ1) is 17.8. The summed E-state index contributed by atoms with van der Waals surface area (Å²) in [5, 5.41) is 2.41. The number of benzene rings is 2. The number of rotatable bonds is 3. The van der Waals surface area contributed by atoms with Gasteiger partial charge in [-0.25, -0.2) is 4.79 Å². The highest BCUT2D eigenvalue weighted by Gasteiger charge is 2.34. The molecule has 126 valence electrons. The van der Waals surface area contributed by atoms with Crippen LogP contribution < -0.4 is 5.32 Å². The Kier molecular flexibility index (Phi) is 5.14. The molecule has 0 aliphatic carbocycles. The van der Waals surface area contributed by atoms with E-state index in [1.807, 2.05) is 0 Å². The van der Waals surface area contributed by atoms with Gasteiger partial charge in [0.05, 0.1) is 28.8 Å². The SMILES string of the molecule is COC(=O)c1cc(NC(=O)c2ccccc2C(F)(F)F)ccc1Cl. The zero-order valence-corrected chi connectivity index (χ0v) is 13.0. The maximum atomic E-state index is 13.0. The molecule has 0 aliphatic rings. The number of halogens is 4. The number of esters is 1. The van der Waals surface area contributed by atoms with E-state index >= 15 is 0 Å². The van der Waals surface area contributed by atoms with Gasteiger partial charge in [0.2, 0.25) is 0 Å². The van der Waals surface area contributed by atoms with Gasteiger partial charge in [-0.1, -0.05) is 23.7 Å². The predicted molar refractivity (Wildman–Crippen MR) is 82.2 cm³/mol. The summed E-state index contributed by atoms with van der Waals surface area (Å²) < 4.78 is 43.4. The number of carbonyl (C=O) groups is 2. The molecule has 2 rings (SSSR count). The maximum absolute atomic E-state index is 13.0. The second-order valence-electron chi connectivity index (χ2n) is 4.68. The Morgan fingerprint density at radius 1 is 1.08 bits per heavy atom. The molecule has 1 N–H and O–H groups in total. The molecule has 0 saturated heterocycles. The van der Waals surface area contributed by atoms with E-state index in [1.165, 1.54) is 30.3 Å². The topological polar surface area (TPSA) is 55.4 Å². The molecule has 0 saturated carbocycles. The molecule has 0 heterocycles. The minimum atomic E-state index is -4.66. The van der Waals surface area contributed by atoms with Gasteiger partial charge in [-0.05, 0) is 30.3 Å². The summed E-state index contributed by atoms with van der Waals surface area (Å²) >= 11 is 5.85. The summed E-state index contributed by atoms with van der Waals surface area (Å²) in [6.07, 6.45) is -4.66. The first-order valence-electron chi connectivity index (χ1n) is 6.59. The van der Waals surface area contributed by atoms with Crippen molar-refractivity contribution in [1.29, 1.82) is 0 Å². The van der Waals surface area contributed by atoms with Crippen molar-refractivity contribution >= 4 is 29.2 Å². The quantitative estimate of drug-likeness (QED) is 0.828. The number of amides is 1. The molecular formula is C16H11ClF3NO3. The van der Waals surface area contributed by atoms with Crippen molar-refractivity contribution in [3.8, 4) is 0 Å². The molecule has 0 fully saturated rings. The minimum absolute atomic E-state index is 0.0129. The predicted octanol–water partition coefficient (Wildman–Crippen LogP) is 4.40. The number of methoxy groups -OCH3 is 1. The van der Waals surface area contributed by atoms with Crippen molar-refractivity contribution in [2.75, 3.05) is 12.4 Å². The van der Waals surface area contributed by atoms with Gasteiger partial charge in [0, 0.05) is 5.69 Å². The number of alkyl halides is 3. The number of hydrogen-bond donors (Lipinski definition) is 1. The monoisotopic (exact) mass is 357 g/mol. The maximum Gasteiger partial charge on any atom is 0.417 e. The van der Waals surface area contributed by atoms with Crippen LogP contribution in [0.25, 0.3) is 0 Å². The van der Waals surface area contributed by atoms with E-state index < -0.39 is 29.2 Å². The standard InChI is InChI=1S/C16H11ClF3NO3/c1-24-15(23)11-8-9(6-7-13(11)17)21-14(22)10-4-2-3-5-12(10)16(18,19)20/h2-8H,1H3,(H,21,22). The molecule has 0 bridgehead atoms. The van der Waals surface area contributed by atoms with E-state index in [0.717, 1.165) is 19.2 Å². The lowest BCUT2D eigenvalue weighted by Gasteiger charge is -2.13.